The van der Waals surface area contributed by atoms with Gasteiger partial charge in [0.15, 0.2) is 0 Å². The third-order valence-corrected chi connectivity index (χ3v) is 4.67. The molecule has 1 fully saturated rings. The minimum Gasteiger partial charge on any atom is -0.326 e. The van der Waals surface area contributed by atoms with Crippen molar-refractivity contribution in [3.05, 3.63) is 59.7 Å². The molecule has 21 heavy (non-hydrogen) atoms. The highest BCUT2D eigenvalue weighted by molar-refractivity contribution is 5.65. The molecule has 1 heteroatoms. The smallest absolute Gasteiger partial charge is 0.0178 e. The van der Waals surface area contributed by atoms with E-state index in [1.807, 2.05) is 0 Å². The first-order chi connectivity index (χ1) is 10.3. The topological polar surface area (TPSA) is 26.0 Å². The van der Waals surface area contributed by atoms with E-state index in [0.29, 0.717) is 6.54 Å². The fraction of sp³-hybridized carbons (Fsp3) is 0.400. The van der Waals surface area contributed by atoms with Crippen LogP contribution in [0.25, 0.3) is 11.1 Å². The van der Waals surface area contributed by atoms with Crippen LogP contribution < -0.4 is 5.73 Å². The average molecular weight is 279 g/mol. The van der Waals surface area contributed by atoms with Gasteiger partial charge in [0.1, 0.15) is 0 Å². The molecule has 0 spiro atoms. The molecule has 3 rings (SSSR count). The fourth-order valence-electron chi connectivity index (χ4n) is 3.48. The fourth-order valence-corrected chi connectivity index (χ4v) is 3.48. The van der Waals surface area contributed by atoms with Gasteiger partial charge in [0.2, 0.25) is 0 Å². The van der Waals surface area contributed by atoms with Crippen LogP contribution in [0.15, 0.2) is 48.5 Å². The molecule has 0 aromatic heterocycles. The summed E-state index contributed by atoms with van der Waals surface area (Å²) in [6, 6.07) is 17.6. The molecule has 1 saturated carbocycles. The van der Waals surface area contributed by atoms with Crippen molar-refractivity contribution in [2.75, 3.05) is 0 Å². The SMILES string of the molecule is NCc1cccc(-c2cccc(CC3CCCCC3)c2)c1. The highest BCUT2D eigenvalue weighted by Gasteiger charge is 2.14. The van der Waals surface area contributed by atoms with Gasteiger partial charge in [-0.15, -0.1) is 0 Å². The molecule has 2 N–H and O–H groups in total. The molecule has 0 unspecified atom stereocenters. The molecule has 0 heterocycles. The van der Waals surface area contributed by atoms with Gasteiger partial charge in [-0.05, 0) is 40.7 Å². The second-order valence-electron chi connectivity index (χ2n) is 6.31. The van der Waals surface area contributed by atoms with E-state index in [0.717, 1.165) is 5.92 Å². The molecule has 0 radical (unpaired) electrons. The normalized spacial score (nSPS) is 16.0. The second kappa shape index (κ2) is 6.91. The zero-order valence-corrected chi connectivity index (χ0v) is 12.7. The van der Waals surface area contributed by atoms with E-state index in [9.17, 15) is 0 Å². The first-order valence-corrected chi connectivity index (χ1v) is 8.23. The van der Waals surface area contributed by atoms with Crippen molar-refractivity contribution < 1.29 is 0 Å². The minimum atomic E-state index is 0.607. The van der Waals surface area contributed by atoms with Crippen molar-refractivity contribution in [3.8, 4) is 11.1 Å². The Labute approximate surface area is 128 Å². The third kappa shape index (κ3) is 3.74. The first-order valence-electron chi connectivity index (χ1n) is 8.23. The Hall–Kier alpha value is -1.60. The average Bonchev–Trinajstić information content (AvgIpc) is 2.56. The predicted octanol–water partition coefficient (Wildman–Crippen LogP) is 4.94. The summed E-state index contributed by atoms with van der Waals surface area (Å²) in [5.74, 6) is 0.893. The summed E-state index contributed by atoms with van der Waals surface area (Å²) in [5, 5.41) is 0. The van der Waals surface area contributed by atoms with Crippen LogP contribution in [0.3, 0.4) is 0 Å². The van der Waals surface area contributed by atoms with Crippen LogP contribution in [0.2, 0.25) is 0 Å². The van der Waals surface area contributed by atoms with Crippen molar-refractivity contribution >= 4 is 0 Å². The number of rotatable bonds is 4. The summed E-state index contributed by atoms with van der Waals surface area (Å²) in [6.45, 7) is 0.607. The van der Waals surface area contributed by atoms with Gasteiger partial charge in [-0.2, -0.15) is 0 Å². The van der Waals surface area contributed by atoms with Crippen molar-refractivity contribution in [2.45, 2.75) is 45.1 Å². The Morgan fingerprint density at radius 1 is 0.810 bits per heavy atom. The molecule has 1 aliphatic rings. The number of hydrogen-bond donors (Lipinski definition) is 1. The van der Waals surface area contributed by atoms with E-state index in [4.69, 9.17) is 5.73 Å². The molecule has 110 valence electrons. The molecule has 2 aromatic rings. The summed E-state index contributed by atoms with van der Waals surface area (Å²) in [5.41, 5.74) is 11.0. The molecule has 1 nitrogen and oxygen atoms in total. The monoisotopic (exact) mass is 279 g/mol. The lowest BCUT2D eigenvalue weighted by Crippen LogP contribution is -2.09. The molecular formula is C20H25N. The van der Waals surface area contributed by atoms with E-state index >= 15 is 0 Å². The number of benzene rings is 2. The van der Waals surface area contributed by atoms with E-state index in [1.54, 1.807) is 0 Å². The standard InChI is InChI=1S/C20H25N/c21-15-18-9-5-11-20(14-18)19-10-4-8-17(13-19)12-16-6-2-1-3-7-16/h4-5,8-11,13-14,16H,1-3,6-7,12,15,21H2. The summed E-state index contributed by atoms with van der Waals surface area (Å²) in [6.07, 6.45) is 8.33. The van der Waals surface area contributed by atoms with Crippen molar-refractivity contribution in [1.29, 1.82) is 0 Å². The summed E-state index contributed by atoms with van der Waals surface area (Å²) in [7, 11) is 0. The minimum absolute atomic E-state index is 0.607. The lowest BCUT2D eigenvalue weighted by Gasteiger charge is -2.21. The van der Waals surface area contributed by atoms with Crippen molar-refractivity contribution in [3.63, 3.8) is 0 Å². The molecular weight excluding hydrogens is 254 g/mol. The summed E-state index contributed by atoms with van der Waals surface area (Å²) < 4.78 is 0. The second-order valence-corrected chi connectivity index (χ2v) is 6.31. The van der Waals surface area contributed by atoms with Gasteiger partial charge in [0, 0.05) is 6.54 Å². The van der Waals surface area contributed by atoms with Gasteiger partial charge in [-0.25, -0.2) is 0 Å². The summed E-state index contributed by atoms with van der Waals surface area (Å²) in [4.78, 5) is 0. The van der Waals surface area contributed by atoms with Gasteiger partial charge in [-0.3, -0.25) is 0 Å². The van der Waals surface area contributed by atoms with Crippen LogP contribution in [0.4, 0.5) is 0 Å². The van der Waals surface area contributed by atoms with Crippen molar-refractivity contribution in [2.24, 2.45) is 11.7 Å². The lowest BCUT2D eigenvalue weighted by atomic mass is 9.84. The number of nitrogens with two attached hydrogens (primary N) is 1. The maximum Gasteiger partial charge on any atom is 0.0178 e. The van der Waals surface area contributed by atoms with Crippen LogP contribution >= 0.6 is 0 Å². The summed E-state index contributed by atoms with van der Waals surface area (Å²) >= 11 is 0. The van der Waals surface area contributed by atoms with Gasteiger partial charge < -0.3 is 5.73 Å². The van der Waals surface area contributed by atoms with Gasteiger partial charge in [0.05, 0.1) is 0 Å². The Kier molecular flexibility index (Phi) is 4.72. The van der Waals surface area contributed by atoms with E-state index in [1.165, 1.54) is 60.8 Å². The molecule has 2 aromatic carbocycles. The zero-order valence-electron chi connectivity index (χ0n) is 12.7. The van der Waals surface area contributed by atoms with Crippen LogP contribution in [-0.2, 0) is 13.0 Å². The molecule has 0 bridgehead atoms. The van der Waals surface area contributed by atoms with E-state index in [-0.39, 0.29) is 0 Å². The largest absolute Gasteiger partial charge is 0.326 e. The quantitative estimate of drug-likeness (QED) is 0.843. The molecule has 0 saturated heterocycles. The highest BCUT2D eigenvalue weighted by Crippen LogP contribution is 2.28. The van der Waals surface area contributed by atoms with E-state index < -0.39 is 0 Å². The van der Waals surface area contributed by atoms with Gasteiger partial charge >= 0.3 is 0 Å². The Morgan fingerprint density at radius 3 is 2.10 bits per heavy atom. The molecule has 1 aliphatic carbocycles. The maximum atomic E-state index is 5.75. The van der Waals surface area contributed by atoms with Crippen LogP contribution in [0.5, 0.6) is 0 Å². The Morgan fingerprint density at radius 2 is 1.43 bits per heavy atom. The van der Waals surface area contributed by atoms with Crippen LogP contribution in [0, 0.1) is 5.92 Å². The first kappa shape index (κ1) is 14.3. The van der Waals surface area contributed by atoms with Gasteiger partial charge in [0.25, 0.3) is 0 Å². The highest BCUT2D eigenvalue weighted by atomic mass is 14.5. The van der Waals surface area contributed by atoms with E-state index in [2.05, 4.69) is 48.5 Å². The number of hydrogen-bond acceptors (Lipinski definition) is 1. The molecule has 0 amide bonds. The maximum absolute atomic E-state index is 5.75. The molecule has 0 aliphatic heterocycles. The lowest BCUT2D eigenvalue weighted by molar-refractivity contribution is 0.357. The Bertz CT molecular complexity index is 582. The van der Waals surface area contributed by atoms with Gasteiger partial charge in [-0.1, -0.05) is 74.6 Å². The third-order valence-electron chi connectivity index (χ3n) is 4.67. The Balaban J connectivity index is 1.78. The van der Waals surface area contributed by atoms with Crippen LogP contribution in [0.1, 0.15) is 43.2 Å². The van der Waals surface area contributed by atoms with Crippen molar-refractivity contribution in [1.82, 2.24) is 0 Å². The van der Waals surface area contributed by atoms with Crippen LogP contribution in [-0.4, -0.2) is 0 Å². The predicted molar refractivity (Wildman–Crippen MR) is 90.0 cm³/mol. The zero-order chi connectivity index (χ0) is 14.5. The molecule has 0 atom stereocenters.